The molecule has 1 heterocycles. The van der Waals surface area contributed by atoms with Gasteiger partial charge in [0.1, 0.15) is 0 Å². The van der Waals surface area contributed by atoms with Crippen molar-refractivity contribution in [2.45, 2.75) is 32.7 Å². The molecule has 0 saturated heterocycles. The van der Waals surface area contributed by atoms with Gasteiger partial charge in [0.25, 0.3) is 5.91 Å². The average Bonchev–Trinajstić information content (AvgIpc) is 2.51. The molecule has 0 saturated carbocycles. The minimum absolute atomic E-state index is 0.00111. The van der Waals surface area contributed by atoms with Crippen molar-refractivity contribution in [3.8, 4) is 0 Å². The van der Waals surface area contributed by atoms with E-state index in [0.717, 1.165) is 15.8 Å². The van der Waals surface area contributed by atoms with Gasteiger partial charge in [-0.3, -0.25) is 4.79 Å². The lowest BCUT2D eigenvalue weighted by Crippen LogP contribution is -2.42. The smallest absolute Gasteiger partial charge is 0.252 e. The third kappa shape index (κ3) is 3.10. The molecule has 0 unspecified atom stereocenters. The fourth-order valence-electron chi connectivity index (χ4n) is 0.897. The number of hydrogen-bond acceptors (Lipinski definition) is 2. The Kier molecular flexibility index (Phi) is 3.72. The van der Waals surface area contributed by atoms with E-state index in [-0.39, 0.29) is 11.4 Å². The van der Waals surface area contributed by atoms with Crippen LogP contribution in [0, 0.1) is 0 Å². The largest absolute Gasteiger partial charge is 0.347 e. The third-order valence-electron chi connectivity index (χ3n) is 2.17. The Morgan fingerprint density at radius 3 is 2.71 bits per heavy atom. The summed E-state index contributed by atoms with van der Waals surface area (Å²) in [6, 6.07) is 1.84. The molecular formula is C10H14BrNOS. The Morgan fingerprint density at radius 1 is 1.64 bits per heavy atom. The zero-order valence-electron chi connectivity index (χ0n) is 8.56. The highest BCUT2D eigenvalue weighted by Crippen LogP contribution is 2.21. The van der Waals surface area contributed by atoms with Crippen LogP contribution in [0.25, 0.3) is 0 Å². The monoisotopic (exact) mass is 275 g/mol. The molecule has 0 aliphatic carbocycles. The second-order valence-corrected chi connectivity index (χ2v) is 6.12. The van der Waals surface area contributed by atoms with E-state index in [9.17, 15) is 4.79 Å². The first kappa shape index (κ1) is 11.7. The van der Waals surface area contributed by atoms with E-state index < -0.39 is 0 Å². The summed E-state index contributed by atoms with van der Waals surface area (Å²) >= 11 is 4.86. The highest BCUT2D eigenvalue weighted by Gasteiger charge is 2.19. The predicted octanol–water partition coefficient (Wildman–Crippen LogP) is 3.43. The maximum Gasteiger partial charge on any atom is 0.252 e. The normalized spacial score (nSPS) is 11.4. The van der Waals surface area contributed by atoms with E-state index in [1.165, 1.54) is 11.3 Å². The highest BCUT2D eigenvalue weighted by molar-refractivity contribution is 9.11. The molecule has 1 aromatic rings. The molecule has 0 radical (unpaired) electrons. The summed E-state index contributed by atoms with van der Waals surface area (Å²) in [4.78, 5) is 11.7. The number of halogens is 1. The van der Waals surface area contributed by atoms with Crippen LogP contribution in [-0.2, 0) is 0 Å². The van der Waals surface area contributed by atoms with Crippen LogP contribution in [0.5, 0.6) is 0 Å². The van der Waals surface area contributed by atoms with E-state index in [4.69, 9.17) is 0 Å². The molecule has 78 valence electrons. The second kappa shape index (κ2) is 4.45. The third-order valence-corrected chi connectivity index (χ3v) is 3.67. The Labute approximate surface area is 96.8 Å². The standard InChI is InChI=1S/C10H14BrNOS/c1-4-10(2,3)12-9(13)7-5-8(11)14-6-7/h5-6H,4H2,1-3H3,(H,12,13). The zero-order valence-corrected chi connectivity index (χ0v) is 11.0. The fourth-order valence-corrected chi connectivity index (χ4v) is 2.03. The number of hydrogen-bond donors (Lipinski definition) is 1. The van der Waals surface area contributed by atoms with Crippen LogP contribution in [0.3, 0.4) is 0 Å². The molecule has 0 aliphatic heterocycles. The molecule has 2 nitrogen and oxygen atoms in total. The maximum atomic E-state index is 11.7. The topological polar surface area (TPSA) is 29.1 Å². The van der Waals surface area contributed by atoms with Gasteiger partial charge in [-0.05, 0) is 42.3 Å². The average molecular weight is 276 g/mol. The minimum atomic E-state index is -0.133. The highest BCUT2D eigenvalue weighted by atomic mass is 79.9. The van der Waals surface area contributed by atoms with E-state index in [2.05, 4.69) is 28.2 Å². The number of nitrogens with one attached hydrogen (secondary N) is 1. The van der Waals surface area contributed by atoms with Gasteiger partial charge in [-0.1, -0.05) is 6.92 Å². The molecule has 0 spiro atoms. The minimum Gasteiger partial charge on any atom is -0.347 e. The summed E-state index contributed by atoms with van der Waals surface area (Å²) in [5, 5.41) is 4.83. The van der Waals surface area contributed by atoms with Crippen molar-refractivity contribution in [2.75, 3.05) is 0 Å². The van der Waals surface area contributed by atoms with E-state index >= 15 is 0 Å². The number of amides is 1. The Morgan fingerprint density at radius 2 is 2.29 bits per heavy atom. The molecular weight excluding hydrogens is 262 g/mol. The number of carbonyl (C=O) groups is 1. The summed E-state index contributed by atoms with van der Waals surface area (Å²) in [5.41, 5.74) is 0.592. The van der Waals surface area contributed by atoms with Crippen molar-refractivity contribution in [1.29, 1.82) is 0 Å². The van der Waals surface area contributed by atoms with Gasteiger partial charge in [0.05, 0.1) is 9.35 Å². The molecule has 4 heteroatoms. The van der Waals surface area contributed by atoms with Crippen molar-refractivity contribution in [3.63, 3.8) is 0 Å². The SMILES string of the molecule is CCC(C)(C)NC(=O)c1csc(Br)c1. The van der Waals surface area contributed by atoms with E-state index in [1.807, 2.05) is 25.3 Å². The zero-order chi connectivity index (χ0) is 10.8. The van der Waals surface area contributed by atoms with Crippen molar-refractivity contribution in [1.82, 2.24) is 5.32 Å². The summed E-state index contributed by atoms with van der Waals surface area (Å²) in [6.07, 6.45) is 0.921. The van der Waals surface area contributed by atoms with Crippen molar-refractivity contribution >= 4 is 33.2 Å². The molecule has 0 fully saturated rings. The van der Waals surface area contributed by atoms with Gasteiger partial charge in [-0.15, -0.1) is 11.3 Å². The first-order valence-electron chi connectivity index (χ1n) is 4.51. The molecule has 0 aliphatic rings. The van der Waals surface area contributed by atoms with Crippen LogP contribution in [0.2, 0.25) is 0 Å². The Bertz CT molecular complexity index is 333. The lowest BCUT2D eigenvalue weighted by atomic mass is 10.0. The molecule has 0 aromatic carbocycles. The lowest BCUT2D eigenvalue weighted by Gasteiger charge is -2.24. The van der Waals surface area contributed by atoms with Crippen LogP contribution in [0.1, 0.15) is 37.6 Å². The second-order valence-electron chi connectivity index (χ2n) is 3.83. The van der Waals surface area contributed by atoms with Crippen molar-refractivity contribution in [2.24, 2.45) is 0 Å². The van der Waals surface area contributed by atoms with Crippen molar-refractivity contribution < 1.29 is 4.79 Å². The van der Waals surface area contributed by atoms with Gasteiger partial charge in [0.15, 0.2) is 0 Å². The number of thiophene rings is 1. The van der Waals surface area contributed by atoms with Gasteiger partial charge in [0.2, 0.25) is 0 Å². The van der Waals surface area contributed by atoms with E-state index in [0.29, 0.717) is 0 Å². The van der Waals surface area contributed by atoms with Gasteiger partial charge >= 0.3 is 0 Å². The first-order valence-corrected chi connectivity index (χ1v) is 6.18. The molecule has 1 aromatic heterocycles. The summed E-state index contributed by atoms with van der Waals surface area (Å²) < 4.78 is 0.983. The quantitative estimate of drug-likeness (QED) is 0.900. The molecule has 0 atom stereocenters. The lowest BCUT2D eigenvalue weighted by molar-refractivity contribution is 0.0911. The summed E-state index contributed by atoms with van der Waals surface area (Å²) in [6.45, 7) is 6.10. The Hall–Kier alpha value is -0.350. The van der Waals surface area contributed by atoms with Crippen LogP contribution in [0.4, 0.5) is 0 Å². The molecule has 14 heavy (non-hydrogen) atoms. The van der Waals surface area contributed by atoms with Crippen LogP contribution in [0.15, 0.2) is 15.2 Å². The van der Waals surface area contributed by atoms with Crippen LogP contribution in [-0.4, -0.2) is 11.4 Å². The van der Waals surface area contributed by atoms with Crippen LogP contribution >= 0.6 is 27.3 Å². The van der Waals surface area contributed by atoms with Gasteiger partial charge < -0.3 is 5.32 Å². The first-order chi connectivity index (χ1) is 6.44. The molecule has 0 bridgehead atoms. The Balaban J connectivity index is 2.68. The van der Waals surface area contributed by atoms with Crippen molar-refractivity contribution in [3.05, 3.63) is 20.8 Å². The molecule has 1 amide bonds. The number of carbonyl (C=O) groups excluding carboxylic acids is 1. The van der Waals surface area contributed by atoms with Crippen LogP contribution < -0.4 is 5.32 Å². The summed E-state index contributed by atoms with van der Waals surface area (Å²) in [5.74, 6) is -0.00111. The number of rotatable bonds is 3. The van der Waals surface area contributed by atoms with E-state index in [1.54, 1.807) is 0 Å². The van der Waals surface area contributed by atoms with Gasteiger partial charge in [-0.2, -0.15) is 0 Å². The predicted molar refractivity (Wildman–Crippen MR) is 63.9 cm³/mol. The maximum absolute atomic E-state index is 11.7. The molecule has 1 N–H and O–H groups in total. The summed E-state index contributed by atoms with van der Waals surface area (Å²) in [7, 11) is 0. The van der Waals surface area contributed by atoms with Gasteiger partial charge in [0, 0.05) is 10.9 Å². The molecule has 1 rings (SSSR count). The fraction of sp³-hybridized carbons (Fsp3) is 0.500. The van der Waals surface area contributed by atoms with Gasteiger partial charge in [-0.25, -0.2) is 0 Å².